The largest absolute Gasteiger partial charge is 0.489 e. The molecule has 0 radical (unpaired) electrons. The molecular weight excluding hydrogens is 711 g/mol. The molecule has 0 saturated heterocycles. The number of carbonyl (C=O) groups excluding carboxylic acids is 3. The van der Waals surface area contributed by atoms with E-state index in [2.05, 4.69) is 16.0 Å². The highest BCUT2D eigenvalue weighted by molar-refractivity contribution is 8.00. The first-order valence-corrected chi connectivity index (χ1v) is 17.3. The Labute approximate surface area is 308 Å². The second-order valence-electron chi connectivity index (χ2n) is 11.4. The van der Waals surface area contributed by atoms with Crippen molar-refractivity contribution in [3.05, 3.63) is 160 Å². The van der Waals surface area contributed by atoms with Crippen molar-refractivity contribution in [3.63, 3.8) is 0 Å². The average Bonchev–Trinajstić information content (AvgIpc) is 3.14. The molecule has 0 bridgehead atoms. The van der Waals surface area contributed by atoms with Gasteiger partial charge in [0.1, 0.15) is 18.1 Å². The highest BCUT2D eigenvalue weighted by Crippen LogP contribution is 2.37. The number of ether oxygens (including phenoxy) is 1. The summed E-state index contributed by atoms with van der Waals surface area (Å²) in [5.74, 6) is -1.09. The monoisotopic (exact) mass is 743 g/mol. The molecule has 52 heavy (non-hydrogen) atoms. The molecule has 7 nitrogen and oxygen atoms in total. The van der Waals surface area contributed by atoms with Gasteiger partial charge < -0.3 is 20.7 Å². The number of alkyl halides is 3. The van der Waals surface area contributed by atoms with Crippen LogP contribution in [-0.4, -0.2) is 23.0 Å². The molecule has 0 fully saturated rings. The van der Waals surface area contributed by atoms with Crippen LogP contribution in [0.15, 0.2) is 138 Å². The van der Waals surface area contributed by atoms with Gasteiger partial charge >= 0.3 is 6.18 Å². The molecule has 5 aromatic rings. The quantitative estimate of drug-likeness (QED) is 0.0825. The van der Waals surface area contributed by atoms with E-state index in [-0.39, 0.29) is 10.7 Å². The van der Waals surface area contributed by atoms with Crippen molar-refractivity contribution in [2.45, 2.75) is 36.3 Å². The number of anilines is 2. The number of nitrogens with one attached hydrogen (secondary N) is 3. The molecule has 0 aliphatic heterocycles. The van der Waals surface area contributed by atoms with E-state index in [1.807, 2.05) is 30.3 Å². The zero-order valence-corrected chi connectivity index (χ0v) is 29.3. The summed E-state index contributed by atoms with van der Waals surface area (Å²) in [6.45, 7) is 2.13. The molecule has 3 N–H and O–H groups in total. The minimum atomic E-state index is -4.72. The standard InChI is InChI=1S/C40H33ClF3N3O4S/c1-2-36(39(50)46-34-21-18-29(41)23-33(34)40(42,43)44)52-32-15-9-14-30(24-32)45-38(49)35(47-37(48)28-12-7-4-8-13-28)22-26-16-19-31(20-17-26)51-25-27-10-5-3-6-11-27/h3-24,36H,2,25H2,1H3,(H,45,49)(H,46,50)(H,47,48)/b35-22-. The van der Waals surface area contributed by atoms with Crippen LogP contribution in [0.4, 0.5) is 24.5 Å². The van der Waals surface area contributed by atoms with Gasteiger partial charge in [-0.25, -0.2) is 0 Å². The highest BCUT2D eigenvalue weighted by Gasteiger charge is 2.34. The minimum Gasteiger partial charge on any atom is -0.489 e. The first-order valence-electron chi connectivity index (χ1n) is 16.1. The summed E-state index contributed by atoms with van der Waals surface area (Å²) in [4.78, 5) is 40.5. The molecular formula is C40H33ClF3N3O4S. The van der Waals surface area contributed by atoms with E-state index < -0.39 is 40.4 Å². The average molecular weight is 744 g/mol. The lowest BCUT2D eigenvalue weighted by atomic mass is 10.1. The lowest BCUT2D eigenvalue weighted by molar-refractivity contribution is -0.137. The fourth-order valence-corrected chi connectivity index (χ4v) is 6.10. The summed E-state index contributed by atoms with van der Waals surface area (Å²) < 4.78 is 46.7. The third-order valence-corrected chi connectivity index (χ3v) is 9.14. The van der Waals surface area contributed by atoms with Crippen LogP contribution in [0.2, 0.25) is 5.02 Å². The van der Waals surface area contributed by atoms with Gasteiger partial charge in [-0.15, -0.1) is 11.8 Å². The van der Waals surface area contributed by atoms with E-state index in [1.165, 1.54) is 6.07 Å². The number of rotatable bonds is 13. The van der Waals surface area contributed by atoms with E-state index >= 15 is 0 Å². The smallest absolute Gasteiger partial charge is 0.418 e. The van der Waals surface area contributed by atoms with Gasteiger partial charge in [-0.3, -0.25) is 14.4 Å². The second-order valence-corrected chi connectivity index (χ2v) is 13.1. The number of hydrogen-bond donors (Lipinski definition) is 3. The molecule has 266 valence electrons. The molecule has 5 aromatic carbocycles. The van der Waals surface area contributed by atoms with Crippen molar-refractivity contribution in [1.82, 2.24) is 5.32 Å². The fourth-order valence-electron chi connectivity index (χ4n) is 4.92. The number of amides is 3. The van der Waals surface area contributed by atoms with Crippen molar-refractivity contribution in [2.75, 3.05) is 10.6 Å². The van der Waals surface area contributed by atoms with E-state index in [9.17, 15) is 27.6 Å². The Morgan fingerprint density at radius 1 is 0.827 bits per heavy atom. The topological polar surface area (TPSA) is 96.5 Å². The minimum absolute atomic E-state index is 0.0286. The highest BCUT2D eigenvalue weighted by atomic mass is 35.5. The van der Waals surface area contributed by atoms with E-state index in [1.54, 1.807) is 91.9 Å². The Morgan fingerprint density at radius 3 is 2.19 bits per heavy atom. The zero-order chi connectivity index (χ0) is 37.1. The van der Waals surface area contributed by atoms with Gasteiger partial charge in [0.05, 0.1) is 16.5 Å². The maximum absolute atomic E-state index is 13.7. The predicted molar refractivity (Wildman–Crippen MR) is 199 cm³/mol. The Balaban J connectivity index is 1.31. The molecule has 0 aliphatic carbocycles. The van der Waals surface area contributed by atoms with Crippen molar-refractivity contribution >= 4 is 58.5 Å². The van der Waals surface area contributed by atoms with E-state index in [0.717, 1.165) is 29.5 Å². The molecule has 0 aromatic heterocycles. The molecule has 0 aliphatic rings. The van der Waals surface area contributed by atoms with Gasteiger partial charge in [-0.1, -0.05) is 85.3 Å². The Kier molecular flexibility index (Phi) is 12.8. The molecule has 0 saturated carbocycles. The van der Waals surface area contributed by atoms with Crippen LogP contribution >= 0.6 is 23.4 Å². The van der Waals surface area contributed by atoms with Crippen molar-refractivity contribution in [3.8, 4) is 5.75 Å². The SMILES string of the molecule is CCC(Sc1cccc(NC(=O)/C(=C/c2ccc(OCc3ccccc3)cc2)NC(=O)c2ccccc2)c1)C(=O)Nc1ccc(Cl)cc1C(F)(F)F. The van der Waals surface area contributed by atoms with Crippen LogP contribution in [-0.2, 0) is 22.4 Å². The van der Waals surface area contributed by atoms with Crippen LogP contribution in [0.5, 0.6) is 5.75 Å². The fraction of sp³-hybridized carbons (Fsp3) is 0.125. The van der Waals surface area contributed by atoms with Gasteiger partial charge in [0.25, 0.3) is 11.8 Å². The van der Waals surface area contributed by atoms with E-state index in [4.69, 9.17) is 16.3 Å². The molecule has 3 amide bonds. The van der Waals surface area contributed by atoms with E-state index in [0.29, 0.717) is 40.5 Å². The normalized spacial score (nSPS) is 12.1. The summed E-state index contributed by atoms with van der Waals surface area (Å²) in [7, 11) is 0. The van der Waals surface area contributed by atoms with Crippen LogP contribution in [0.1, 0.15) is 40.4 Å². The third-order valence-electron chi connectivity index (χ3n) is 7.55. The number of hydrogen-bond acceptors (Lipinski definition) is 5. The summed E-state index contributed by atoms with van der Waals surface area (Å²) in [6.07, 6.45) is -2.88. The maximum atomic E-state index is 13.7. The predicted octanol–water partition coefficient (Wildman–Crippen LogP) is 9.86. The number of thioether (sulfide) groups is 1. The third kappa shape index (κ3) is 10.7. The van der Waals surface area contributed by atoms with Crippen LogP contribution < -0.4 is 20.7 Å². The lowest BCUT2D eigenvalue weighted by Gasteiger charge is -2.18. The number of halogens is 4. The second kappa shape index (κ2) is 17.6. The lowest BCUT2D eigenvalue weighted by Crippen LogP contribution is -2.30. The van der Waals surface area contributed by atoms with Gasteiger partial charge in [0.2, 0.25) is 5.91 Å². The summed E-state index contributed by atoms with van der Waals surface area (Å²) in [6, 6.07) is 35.0. The number of benzene rings is 5. The first-order chi connectivity index (χ1) is 25.0. The van der Waals surface area contributed by atoms with Gasteiger partial charge in [-0.2, -0.15) is 13.2 Å². The molecule has 0 heterocycles. The van der Waals surface area contributed by atoms with Gasteiger partial charge in [-0.05, 0) is 84.3 Å². The summed E-state index contributed by atoms with van der Waals surface area (Å²) >= 11 is 6.91. The number of carbonyl (C=O) groups is 3. The van der Waals surface area contributed by atoms with Crippen molar-refractivity contribution < 1.29 is 32.3 Å². The molecule has 5 rings (SSSR count). The summed E-state index contributed by atoms with van der Waals surface area (Å²) in [5, 5.41) is 7.03. The van der Waals surface area contributed by atoms with Crippen LogP contribution in [0, 0.1) is 0 Å². The van der Waals surface area contributed by atoms with Crippen LogP contribution in [0.25, 0.3) is 6.08 Å². The van der Waals surface area contributed by atoms with Gasteiger partial charge in [0, 0.05) is 21.2 Å². The molecule has 0 spiro atoms. The van der Waals surface area contributed by atoms with Gasteiger partial charge in [0.15, 0.2) is 0 Å². The molecule has 12 heteroatoms. The zero-order valence-electron chi connectivity index (χ0n) is 27.7. The van der Waals surface area contributed by atoms with Crippen molar-refractivity contribution in [1.29, 1.82) is 0 Å². The Hall–Kier alpha value is -5.52. The molecule has 1 unspecified atom stereocenters. The van der Waals surface area contributed by atoms with Crippen LogP contribution in [0.3, 0.4) is 0 Å². The Morgan fingerprint density at radius 2 is 1.52 bits per heavy atom. The first kappa shape index (κ1) is 37.7. The maximum Gasteiger partial charge on any atom is 0.418 e. The Bertz CT molecular complexity index is 2040. The molecule has 1 atom stereocenters. The summed E-state index contributed by atoms with van der Waals surface area (Å²) in [5.41, 5.74) is 0.894. The van der Waals surface area contributed by atoms with Crippen molar-refractivity contribution in [2.24, 2.45) is 0 Å².